The predicted octanol–water partition coefficient (Wildman–Crippen LogP) is 3.18. The minimum absolute atomic E-state index is 0.0727. The predicted molar refractivity (Wildman–Crippen MR) is 123 cm³/mol. The van der Waals surface area contributed by atoms with Gasteiger partial charge in [0.15, 0.2) is 0 Å². The number of hydrogen-bond donors (Lipinski definition) is 2. The fourth-order valence-corrected chi connectivity index (χ4v) is 4.76. The standard InChI is InChI=1S/C25H25FN4O2/c26-17-6-8-18(9-7-17)28-24(31)21-4-2-14-30(25(21)32)23-11-10-20-19(23)3-1-5-22(20)29-15-12-27-13-16-29/h1-9,14,23,27H,10-13,15-16H2,(H,28,31). The molecule has 1 atom stereocenters. The van der Waals surface area contributed by atoms with Crippen LogP contribution in [0.5, 0.6) is 0 Å². The third-order valence-corrected chi connectivity index (χ3v) is 6.33. The minimum atomic E-state index is -0.497. The summed E-state index contributed by atoms with van der Waals surface area (Å²) in [6.45, 7) is 3.88. The number of rotatable bonds is 4. The highest BCUT2D eigenvalue weighted by Crippen LogP contribution is 2.39. The zero-order valence-corrected chi connectivity index (χ0v) is 17.7. The zero-order valence-electron chi connectivity index (χ0n) is 17.7. The normalized spacial score (nSPS) is 17.8. The van der Waals surface area contributed by atoms with Crippen LogP contribution in [0.3, 0.4) is 0 Å². The molecule has 7 heteroatoms. The van der Waals surface area contributed by atoms with Crippen LogP contribution in [0.25, 0.3) is 0 Å². The molecule has 0 saturated carbocycles. The van der Waals surface area contributed by atoms with E-state index in [1.807, 2.05) is 0 Å². The smallest absolute Gasteiger partial charge is 0.263 e. The van der Waals surface area contributed by atoms with Gasteiger partial charge in [-0.15, -0.1) is 0 Å². The molecular weight excluding hydrogens is 407 g/mol. The molecule has 2 N–H and O–H groups in total. The maximum absolute atomic E-state index is 13.3. The highest BCUT2D eigenvalue weighted by molar-refractivity contribution is 6.03. The lowest BCUT2D eigenvalue weighted by Crippen LogP contribution is -2.43. The Kier molecular flexibility index (Phi) is 5.49. The third kappa shape index (κ3) is 3.80. The SMILES string of the molecule is O=C(Nc1ccc(F)cc1)c1cccn(C2CCc3c2cccc3N2CCNCC2)c1=O. The van der Waals surface area contributed by atoms with E-state index in [0.717, 1.165) is 44.6 Å². The van der Waals surface area contributed by atoms with Crippen LogP contribution in [-0.2, 0) is 6.42 Å². The number of pyridine rings is 1. The van der Waals surface area contributed by atoms with Crippen molar-refractivity contribution in [3.8, 4) is 0 Å². The van der Waals surface area contributed by atoms with Crippen molar-refractivity contribution in [3.05, 3.63) is 93.7 Å². The van der Waals surface area contributed by atoms with Crippen molar-refractivity contribution in [2.75, 3.05) is 36.4 Å². The van der Waals surface area contributed by atoms with Crippen LogP contribution in [0, 0.1) is 5.82 Å². The van der Waals surface area contributed by atoms with Crippen molar-refractivity contribution in [1.82, 2.24) is 9.88 Å². The molecule has 1 amide bonds. The van der Waals surface area contributed by atoms with Gasteiger partial charge in [-0.3, -0.25) is 9.59 Å². The van der Waals surface area contributed by atoms with Crippen molar-refractivity contribution < 1.29 is 9.18 Å². The number of carbonyl (C=O) groups excluding carboxylic acids is 1. The van der Waals surface area contributed by atoms with E-state index in [9.17, 15) is 14.0 Å². The number of anilines is 2. The Bertz CT molecular complexity index is 1200. The molecule has 164 valence electrons. The van der Waals surface area contributed by atoms with Gasteiger partial charge in [0.2, 0.25) is 0 Å². The second kappa shape index (κ2) is 8.59. The summed E-state index contributed by atoms with van der Waals surface area (Å²) >= 11 is 0. The first-order valence-electron chi connectivity index (χ1n) is 11.0. The minimum Gasteiger partial charge on any atom is -0.369 e. The molecule has 2 aromatic carbocycles. The first kappa shape index (κ1) is 20.5. The summed E-state index contributed by atoms with van der Waals surface area (Å²) < 4.78 is 14.8. The summed E-state index contributed by atoms with van der Waals surface area (Å²) in [6, 6.07) is 15.0. The lowest BCUT2D eigenvalue weighted by atomic mass is 10.0. The molecule has 1 saturated heterocycles. The first-order valence-corrected chi connectivity index (χ1v) is 11.0. The van der Waals surface area contributed by atoms with Gasteiger partial charge in [0.1, 0.15) is 11.4 Å². The average molecular weight is 432 g/mol. The van der Waals surface area contributed by atoms with Gasteiger partial charge in [-0.25, -0.2) is 4.39 Å². The van der Waals surface area contributed by atoms with Crippen molar-refractivity contribution in [2.45, 2.75) is 18.9 Å². The number of aromatic nitrogens is 1. The highest BCUT2D eigenvalue weighted by Gasteiger charge is 2.29. The molecule has 1 fully saturated rings. The van der Waals surface area contributed by atoms with Crippen LogP contribution >= 0.6 is 0 Å². The third-order valence-electron chi connectivity index (χ3n) is 6.33. The second-order valence-corrected chi connectivity index (χ2v) is 8.23. The van der Waals surface area contributed by atoms with Gasteiger partial charge in [0.25, 0.3) is 11.5 Å². The highest BCUT2D eigenvalue weighted by atomic mass is 19.1. The van der Waals surface area contributed by atoms with Gasteiger partial charge >= 0.3 is 0 Å². The summed E-state index contributed by atoms with van der Waals surface area (Å²) in [5, 5.41) is 6.07. The molecule has 0 spiro atoms. The summed E-state index contributed by atoms with van der Waals surface area (Å²) in [5.41, 5.74) is 3.90. The fraction of sp³-hybridized carbons (Fsp3) is 0.280. The maximum Gasteiger partial charge on any atom is 0.263 e. The van der Waals surface area contributed by atoms with Gasteiger partial charge in [-0.1, -0.05) is 12.1 Å². The van der Waals surface area contributed by atoms with Crippen molar-refractivity contribution in [2.24, 2.45) is 0 Å². The van der Waals surface area contributed by atoms with Gasteiger partial charge in [0, 0.05) is 43.8 Å². The number of nitrogens with one attached hydrogen (secondary N) is 2. The number of amides is 1. The Labute approximate surface area is 185 Å². The van der Waals surface area contributed by atoms with Gasteiger partial charge in [0.05, 0.1) is 6.04 Å². The summed E-state index contributed by atoms with van der Waals surface area (Å²) in [5.74, 6) is -0.881. The molecule has 1 aromatic heterocycles. The van der Waals surface area contributed by atoms with Crippen LogP contribution in [0.1, 0.15) is 33.9 Å². The Morgan fingerprint density at radius 3 is 2.59 bits per heavy atom. The summed E-state index contributed by atoms with van der Waals surface area (Å²) in [7, 11) is 0. The second-order valence-electron chi connectivity index (χ2n) is 8.23. The molecular formula is C25H25FN4O2. The number of halogens is 1. The number of piperazine rings is 1. The molecule has 2 aliphatic rings. The molecule has 6 nitrogen and oxygen atoms in total. The Hall–Kier alpha value is -3.45. The van der Waals surface area contributed by atoms with E-state index in [1.165, 1.54) is 41.6 Å². The molecule has 0 bridgehead atoms. The number of fused-ring (bicyclic) bond motifs is 1. The van der Waals surface area contributed by atoms with Crippen LogP contribution in [0.15, 0.2) is 65.6 Å². The monoisotopic (exact) mass is 432 g/mol. The molecule has 5 rings (SSSR count). The van der Waals surface area contributed by atoms with E-state index in [4.69, 9.17) is 0 Å². The van der Waals surface area contributed by atoms with Crippen LogP contribution in [-0.4, -0.2) is 36.7 Å². The van der Waals surface area contributed by atoms with Gasteiger partial charge in [-0.05, 0) is 66.4 Å². The Morgan fingerprint density at radius 1 is 1.03 bits per heavy atom. The van der Waals surface area contributed by atoms with E-state index < -0.39 is 5.91 Å². The van der Waals surface area contributed by atoms with E-state index >= 15 is 0 Å². The maximum atomic E-state index is 13.3. The van der Waals surface area contributed by atoms with E-state index in [2.05, 4.69) is 33.7 Å². The number of hydrogen-bond acceptors (Lipinski definition) is 4. The molecule has 32 heavy (non-hydrogen) atoms. The quantitative estimate of drug-likeness (QED) is 0.665. The van der Waals surface area contributed by atoms with Crippen LogP contribution in [0.2, 0.25) is 0 Å². The van der Waals surface area contributed by atoms with Crippen molar-refractivity contribution in [3.63, 3.8) is 0 Å². The number of carbonyl (C=O) groups is 1. The van der Waals surface area contributed by atoms with Gasteiger partial charge < -0.3 is 20.1 Å². The molecule has 1 unspecified atom stereocenters. The molecule has 3 aromatic rings. The van der Waals surface area contributed by atoms with Gasteiger partial charge in [-0.2, -0.15) is 0 Å². The topological polar surface area (TPSA) is 66.4 Å². The van der Waals surface area contributed by atoms with E-state index in [-0.39, 0.29) is 23.0 Å². The number of benzene rings is 2. The molecule has 1 aliphatic carbocycles. The largest absolute Gasteiger partial charge is 0.369 e. The van der Waals surface area contributed by atoms with Crippen LogP contribution < -0.4 is 21.1 Å². The van der Waals surface area contributed by atoms with Crippen molar-refractivity contribution in [1.29, 1.82) is 0 Å². The van der Waals surface area contributed by atoms with Crippen molar-refractivity contribution >= 4 is 17.3 Å². The molecule has 0 radical (unpaired) electrons. The fourth-order valence-electron chi connectivity index (χ4n) is 4.76. The Morgan fingerprint density at radius 2 is 1.81 bits per heavy atom. The molecule has 2 heterocycles. The Balaban J connectivity index is 1.44. The van der Waals surface area contributed by atoms with Crippen LogP contribution in [0.4, 0.5) is 15.8 Å². The first-order chi connectivity index (χ1) is 15.6. The zero-order chi connectivity index (χ0) is 22.1. The van der Waals surface area contributed by atoms with E-state index in [1.54, 1.807) is 16.8 Å². The average Bonchev–Trinajstić information content (AvgIpc) is 3.25. The number of nitrogens with zero attached hydrogens (tertiary/aromatic N) is 2. The lowest BCUT2D eigenvalue weighted by Gasteiger charge is -2.31. The lowest BCUT2D eigenvalue weighted by molar-refractivity contribution is 0.102. The summed E-state index contributed by atoms with van der Waals surface area (Å²) in [6.07, 6.45) is 3.48. The van der Waals surface area contributed by atoms with E-state index in [0.29, 0.717) is 5.69 Å². The molecule has 1 aliphatic heterocycles. The summed E-state index contributed by atoms with van der Waals surface area (Å²) in [4.78, 5) is 28.4.